The summed E-state index contributed by atoms with van der Waals surface area (Å²) in [7, 11) is 0. The van der Waals surface area contributed by atoms with Crippen molar-refractivity contribution in [2.24, 2.45) is 0 Å². The summed E-state index contributed by atoms with van der Waals surface area (Å²) in [6, 6.07) is 16.5. The lowest BCUT2D eigenvalue weighted by Gasteiger charge is -2.22. The summed E-state index contributed by atoms with van der Waals surface area (Å²) < 4.78 is 2.98. The maximum Gasteiger partial charge on any atom is 0.279 e. The fourth-order valence-corrected chi connectivity index (χ4v) is 4.81. The molecule has 0 saturated carbocycles. The maximum absolute atomic E-state index is 13.5. The van der Waals surface area contributed by atoms with E-state index in [1.54, 1.807) is 0 Å². The minimum absolute atomic E-state index is 0.0272. The Morgan fingerprint density at radius 2 is 2.00 bits per heavy atom. The highest BCUT2D eigenvalue weighted by Gasteiger charge is 2.36. The predicted octanol–water partition coefficient (Wildman–Crippen LogP) is 4.71. The first-order valence-corrected chi connectivity index (χ1v) is 10.2. The third-order valence-electron chi connectivity index (χ3n) is 5.61. The summed E-state index contributed by atoms with van der Waals surface area (Å²) in [6.07, 6.45) is 3.87. The van der Waals surface area contributed by atoms with Crippen LogP contribution in [0.15, 0.2) is 53.0 Å². The molecule has 0 unspecified atom stereocenters. The largest absolute Gasteiger partial charge is 0.304 e. The molecule has 3 aromatic rings. The molecule has 27 heavy (non-hydrogen) atoms. The van der Waals surface area contributed by atoms with Gasteiger partial charge in [-0.15, -0.1) is 0 Å². The summed E-state index contributed by atoms with van der Waals surface area (Å²) in [4.78, 5) is 15.5. The van der Waals surface area contributed by atoms with Gasteiger partial charge in [0.2, 0.25) is 0 Å². The number of amides is 1. The third kappa shape index (κ3) is 2.64. The van der Waals surface area contributed by atoms with E-state index in [-0.39, 0.29) is 11.9 Å². The lowest BCUT2D eigenvalue weighted by molar-refractivity contribution is 0.0975. The van der Waals surface area contributed by atoms with E-state index in [0.717, 1.165) is 47.1 Å². The number of carbonyl (C=O) groups excluding carboxylic acids is 1. The Morgan fingerprint density at radius 3 is 2.85 bits per heavy atom. The Bertz CT molecular complexity index is 1060. The molecule has 1 aromatic heterocycles. The average molecular weight is 422 g/mol. The van der Waals surface area contributed by atoms with Crippen LogP contribution in [0.2, 0.25) is 0 Å². The van der Waals surface area contributed by atoms with Crippen LogP contribution in [-0.4, -0.2) is 21.7 Å². The molecule has 0 N–H and O–H groups in total. The molecule has 2 aromatic carbocycles. The first-order chi connectivity index (χ1) is 13.1. The second-order valence-electron chi connectivity index (χ2n) is 7.38. The van der Waals surface area contributed by atoms with Crippen molar-refractivity contribution >= 4 is 27.5 Å². The van der Waals surface area contributed by atoms with E-state index < -0.39 is 0 Å². The van der Waals surface area contributed by atoms with Crippen molar-refractivity contribution in [1.29, 1.82) is 0 Å². The first-order valence-electron chi connectivity index (χ1n) is 9.41. The van der Waals surface area contributed by atoms with Crippen LogP contribution < -0.4 is 4.90 Å². The molecule has 0 saturated heterocycles. The Labute approximate surface area is 166 Å². The van der Waals surface area contributed by atoms with E-state index in [1.165, 1.54) is 11.3 Å². The van der Waals surface area contributed by atoms with Gasteiger partial charge in [-0.2, -0.15) is 5.10 Å². The molecule has 4 nitrogen and oxygen atoms in total. The number of hydrogen-bond acceptors (Lipinski definition) is 2. The van der Waals surface area contributed by atoms with E-state index in [0.29, 0.717) is 5.69 Å². The quantitative estimate of drug-likeness (QED) is 0.600. The summed E-state index contributed by atoms with van der Waals surface area (Å²) in [5.41, 5.74) is 6.18. The van der Waals surface area contributed by atoms with Crippen LogP contribution in [-0.2, 0) is 19.3 Å². The van der Waals surface area contributed by atoms with Crippen LogP contribution in [0.3, 0.4) is 0 Å². The summed E-state index contributed by atoms with van der Waals surface area (Å²) in [6.45, 7) is 2.11. The fraction of sp³-hybridized carbons (Fsp3) is 0.273. The number of anilines is 1. The average Bonchev–Trinajstić information content (AvgIpc) is 3.33. The van der Waals surface area contributed by atoms with Crippen molar-refractivity contribution in [1.82, 2.24) is 9.78 Å². The first kappa shape index (κ1) is 16.8. The van der Waals surface area contributed by atoms with Crippen LogP contribution in [0.4, 0.5) is 5.69 Å². The molecule has 1 amide bonds. The fourth-order valence-electron chi connectivity index (χ4n) is 4.42. The normalized spacial score (nSPS) is 17.9. The zero-order chi connectivity index (χ0) is 18.5. The highest BCUT2D eigenvalue weighted by molar-refractivity contribution is 9.10. The Balaban J connectivity index is 1.60. The predicted molar refractivity (Wildman–Crippen MR) is 110 cm³/mol. The standard InChI is InChI=1S/C22H20BrN3O/c1-14-12-15-6-2-3-10-19(15)25(14)22(27)21-18-9-5-11-20(18)26(24-21)17-8-4-7-16(23)13-17/h2-4,6-8,10,13-14H,5,9,11-12H2,1H3/t14-/m1/s1. The highest BCUT2D eigenvalue weighted by atomic mass is 79.9. The highest BCUT2D eigenvalue weighted by Crippen LogP contribution is 2.35. The summed E-state index contributed by atoms with van der Waals surface area (Å²) in [5, 5.41) is 4.80. The van der Waals surface area contributed by atoms with Gasteiger partial charge in [-0.25, -0.2) is 4.68 Å². The lowest BCUT2D eigenvalue weighted by atomic mass is 10.1. The number of rotatable bonds is 2. The third-order valence-corrected chi connectivity index (χ3v) is 6.10. The number of fused-ring (bicyclic) bond motifs is 2. The van der Waals surface area contributed by atoms with Gasteiger partial charge in [-0.3, -0.25) is 4.79 Å². The van der Waals surface area contributed by atoms with Crippen LogP contribution >= 0.6 is 15.9 Å². The Hall–Kier alpha value is -2.40. The van der Waals surface area contributed by atoms with Crippen molar-refractivity contribution in [3.63, 3.8) is 0 Å². The monoisotopic (exact) mass is 421 g/mol. The van der Waals surface area contributed by atoms with Crippen LogP contribution in [0.25, 0.3) is 5.69 Å². The molecular formula is C22H20BrN3O. The number of para-hydroxylation sites is 1. The Morgan fingerprint density at radius 1 is 1.15 bits per heavy atom. The van der Waals surface area contributed by atoms with E-state index in [1.807, 2.05) is 52.0 Å². The number of carbonyl (C=O) groups is 1. The van der Waals surface area contributed by atoms with Crippen LogP contribution in [0, 0.1) is 0 Å². The molecule has 0 fully saturated rings. The van der Waals surface area contributed by atoms with E-state index in [4.69, 9.17) is 5.10 Å². The molecule has 136 valence electrons. The second-order valence-corrected chi connectivity index (χ2v) is 8.29. The summed E-state index contributed by atoms with van der Waals surface area (Å²) >= 11 is 3.54. The molecule has 0 spiro atoms. The zero-order valence-electron chi connectivity index (χ0n) is 15.2. The molecule has 1 aliphatic heterocycles. The molecule has 2 heterocycles. The van der Waals surface area contributed by atoms with E-state index in [9.17, 15) is 4.79 Å². The molecule has 0 bridgehead atoms. The van der Waals surface area contributed by atoms with Gasteiger partial charge in [0.05, 0.1) is 5.69 Å². The lowest BCUT2D eigenvalue weighted by Crippen LogP contribution is -2.36. The van der Waals surface area contributed by atoms with E-state index in [2.05, 4.69) is 28.9 Å². The SMILES string of the molecule is C[C@@H]1Cc2ccccc2N1C(=O)c1nn(-c2cccc(Br)c2)c2c1CCC2. The summed E-state index contributed by atoms with van der Waals surface area (Å²) in [5.74, 6) is 0.0272. The van der Waals surface area contributed by atoms with Gasteiger partial charge < -0.3 is 4.90 Å². The second kappa shape index (κ2) is 6.34. The van der Waals surface area contributed by atoms with Gasteiger partial charge in [-0.1, -0.05) is 40.2 Å². The van der Waals surface area contributed by atoms with Gasteiger partial charge in [0.25, 0.3) is 5.91 Å². The molecule has 0 radical (unpaired) electrons. The number of hydrogen-bond donors (Lipinski definition) is 0. The molecule has 5 heteroatoms. The number of halogens is 1. The smallest absolute Gasteiger partial charge is 0.279 e. The molecular weight excluding hydrogens is 402 g/mol. The Kier molecular flexibility index (Phi) is 3.93. The van der Waals surface area contributed by atoms with Crippen molar-refractivity contribution in [3.8, 4) is 5.69 Å². The minimum atomic E-state index is 0.0272. The number of nitrogens with zero attached hydrogens (tertiary/aromatic N) is 3. The minimum Gasteiger partial charge on any atom is -0.304 e. The maximum atomic E-state index is 13.5. The van der Waals surface area contributed by atoms with E-state index >= 15 is 0 Å². The van der Waals surface area contributed by atoms with Gasteiger partial charge in [0.1, 0.15) is 0 Å². The van der Waals surface area contributed by atoms with Crippen molar-refractivity contribution in [2.45, 2.75) is 38.6 Å². The van der Waals surface area contributed by atoms with Gasteiger partial charge in [0, 0.05) is 27.5 Å². The van der Waals surface area contributed by atoms with Crippen molar-refractivity contribution < 1.29 is 4.79 Å². The molecule has 2 aliphatic rings. The van der Waals surface area contributed by atoms with Gasteiger partial charge in [0.15, 0.2) is 5.69 Å². The van der Waals surface area contributed by atoms with Crippen molar-refractivity contribution in [2.75, 3.05) is 4.90 Å². The number of benzene rings is 2. The zero-order valence-corrected chi connectivity index (χ0v) is 16.7. The molecule has 1 atom stereocenters. The van der Waals surface area contributed by atoms with Crippen LogP contribution in [0.1, 0.15) is 40.7 Å². The van der Waals surface area contributed by atoms with Gasteiger partial charge in [-0.05, 0) is 62.4 Å². The molecule has 5 rings (SSSR count). The van der Waals surface area contributed by atoms with Gasteiger partial charge >= 0.3 is 0 Å². The topological polar surface area (TPSA) is 38.1 Å². The molecule has 1 aliphatic carbocycles. The van der Waals surface area contributed by atoms with Crippen molar-refractivity contribution in [3.05, 3.63) is 75.5 Å². The van der Waals surface area contributed by atoms with Crippen LogP contribution in [0.5, 0.6) is 0 Å². The number of aromatic nitrogens is 2.